The number of benzene rings is 2. The number of pyridine rings is 1. The molecule has 2 aromatic carbocycles. The Bertz CT molecular complexity index is 2110. The molecule has 264 valence electrons. The van der Waals surface area contributed by atoms with Gasteiger partial charge in [-0.15, -0.1) is 0 Å². The van der Waals surface area contributed by atoms with Crippen LogP contribution in [0.4, 0.5) is 14.6 Å². The number of carbonyl (C=O) groups excluding carboxylic acids is 1. The van der Waals surface area contributed by atoms with Crippen LogP contribution in [0, 0.1) is 23.6 Å². The fourth-order valence-corrected chi connectivity index (χ4v) is 8.76. The van der Waals surface area contributed by atoms with Crippen LogP contribution in [-0.4, -0.2) is 118 Å². The summed E-state index contributed by atoms with van der Waals surface area (Å²) < 4.78 is 39.5. The first-order valence-corrected chi connectivity index (χ1v) is 18.2. The number of fused-ring (bicyclic) bond motifs is 3. The monoisotopic (exact) mass is 712 g/mol. The van der Waals surface area contributed by atoms with E-state index < -0.39 is 17.5 Å². The van der Waals surface area contributed by atoms with Crippen molar-refractivity contribution in [2.24, 2.45) is 5.92 Å². The van der Waals surface area contributed by atoms with Gasteiger partial charge in [-0.25, -0.2) is 13.4 Å². The van der Waals surface area contributed by atoms with Gasteiger partial charge in [0.05, 0.1) is 24.8 Å². The predicted octanol–water partition coefficient (Wildman–Crippen LogP) is 5.88. The lowest BCUT2D eigenvalue weighted by Crippen LogP contribution is -2.43. The van der Waals surface area contributed by atoms with Gasteiger partial charge in [-0.3, -0.25) is 19.6 Å². The van der Waals surface area contributed by atoms with E-state index in [1.807, 2.05) is 49.2 Å². The summed E-state index contributed by atoms with van der Waals surface area (Å²) in [6.07, 6.45) is 7.72. The lowest BCUT2D eigenvalue weighted by Gasteiger charge is -2.30. The van der Waals surface area contributed by atoms with Crippen LogP contribution in [0.25, 0.3) is 32.9 Å². The zero-order chi connectivity index (χ0) is 35.3. The Morgan fingerprint density at radius 3 is 2.80 bits per heavy atom. The van der Waals surface area contributed by atoms with Crippen molar-refractivity contribution in [1.82, 2.24) is 29.7 Å². The highest BCUT2D eigenvalue weighted by Crippen LogP contribution is 2.41. The van der Waals surface area contributed by atoms with Gasteiger partial charge in [0.1, 0.15) is 29.4 Å². The highest BCUT2D eigenvalue weighted by Gasteiger charge is 2.49. The van der Waals surface area contributed by atoms with E-state index in [9.17, 15) is 9.18 Å². The van der Waals surface area contributed by atoms with Crippen molar-refractivity contribution >= 4 is 51.2 Å². The number of alkyl halides is 1. The van der Waals surface area contributed by atoms with Crippen molar-refractivity contribution in [3.8, 4) is 29.1 Å². The summed E-state index contributed by atoms with van der Waals surface area (Å²) >= 11 is 6.62. The van der Waals surface area contributed by atoms with E-state index in [4.69, 9.17) is 21.3 Å². The molecule has 4 aliphatic heterocycles. The molecule has 4 fully saturated rings. The highest BCUT2D eigenvalue weighted by molar-refractivity contribution is 6.36. The van der Waals surface area contributed by atoms with Gasteiger partial charge in [0.25, 0.3) is 5.91 Å². The fourth-order valence-electron chi connectivity index (χ4n) is 8.48. The first-order chi connectivity index (χ1) is 24.7. The minimum Gasteiger partial charge on any atom is -0.443 e. The molecular formula is C39H41ClF2N7O2+. The molecule has 4 aliphatic rings. The van der Waals surface area contributed by atoms with E-state index in [1.54, 1.807) is 23.2 Å². The number of halogens is 3. The van der Waals surface area contributed by atoms with Crippen molar-refractivity contribution in [1.29, 1.82) is 0 Å². The molecule has 51 heavy (non-hydrogen) atoms. The summed E-state index contributed by atoms with van der Waals surface area (Å²) in [6, 6.07) is 11.3. The van der Waals surface area contributed by atoms with E-state index >= 15 is 4.39 Å². The Morgan fingerprint density at radius 2 is 1.98 bits per heavy atom. The molecule has 0 radical (unpaired) electrons. The fraction of sp³-hybridized carbons (Fsp3) is 0.462. The van der Waals surface area contributed by atoms with Gasteiger partial charge in [-0.1, -0.05) is 47.9 Å². The van der Waals surface area contributed by atoms with E-state index in [2.05, 4.69) is 31.6 Å². The maximum absolute atomic E-state index is 16.8. The minimum absolute atomic E-state index is 0.0173. The van der Waals surface area contributed by atoms with Crippen molar-refractivity contribution in [2.75, 3.05) is 53.4 Å². The second-order valence-corrected chi connectivity index (χ2v) is 14.9. The molecule has 9 nitrogen and oxygen atoms in total. The quantitative estimate of drug-likeness (QED) is 0.140. The summed E-state index contributed by atoms with van der Waals surface area (Å²) in [5.41, 5.74) is 0.317. The van der Waals surface area contributed by atoms with Gasteiger partial charge < -0.3 is 9.64 Å². The third-order valence-electron chi connectivity index (χ3n) is 11.1. The summed E-state index contributed by atoms with van der Waals surface area (Å²) in [7, 11) is 3.89. The molecule has 8 rings (SSSR count). The lowest BCUT2D eigenvalue weighted by atomic mass is 9.95. The maximum atomic E-state index is 16.8. The van der Waals surface area contributed by atoms with E-state index in [0.29, 0.717) is 53.2 Å². The van der Waals surface area contributed by atoms with Crippen molar-refractivity contribution in [3.63, 3.8) is 0 Å². The van der Waals surface area contributed by atoms with Crippen LogP contribution in [0.2, 0.25) is 5.02 Å². The summed E-state index contributed by atoms with van der Waals surface area (Å²) in [5, 5.41) is 2.48. The SMILES string of the molecule is CN1CCCC1C#CC(=O)N1CCC(/C=[N+](\C)c2nc(OC[C@@]34CCCN3C[C@H](F)C4)nc3c(F)c(-c4cccc5cccc(Cl)c45)ncc23)C1. The zero-order valence-corrected chi connectivity index (χ0v) is 29.7. The molecule has 0 spiro atoms. The second-order valence-electron chi connectivity index (χ2n) is 14.5. The number of amides is 1. The molecule has 2 aromatic heterocycles. The van der Waals surface area contributed by atoms with Crippen LogP contribution in [0.15, 0.2) is 42.6 Å². The molecule has 6 heterocycles. The van der Waals surface area contributed by atoms with Crippen molar-refractivity contribution < 1.29 is 22.9 Å². The topological polar surface area (TPSA) is 77.7 Å². The molecule has 0 bridgehead atoms. The molecule has 1 amide bonds. The molecule has 4 aromatic rings. The van der Waals surface area contributed by atoms with Crippen LogP contribution in [0.1, 0.15) is 38.5 Å². The summed E-state index contributed by atoms with van der Waals surface area (Å²) in [4.78, 5) is 33.1. The molecule has 4 saturated heterocycles. The number of ether oxygens (including phenoxy) is 1. The molecule has 0 saturated carbocycles. The first-order valence-electron chi connectivity index (χ1n) is 17.8. The van der Waals surface area contributed by atoms with Gasteiger partial charge >= 0.3 is 11.8 Å². The van der Waals surface area contributed by atoms with E-state index in [-0.39, 0.29) is 41.7 Å². The standard InChI is InChI=1S/C39H41ClF2N7O2/c1-46-16-5-9-28(46)12-13-32(50)48-18-14-25(22-48)21-47(2)37-30-20-43-35(29-10-3-7-26-8-4-11-31(40)33(26)29)34(42)36(30)44-38(45-37)51-24-39-15-6-17-49(39)23-27(41)19-39/h3-4,7-8,10-11,20-21,25,27-28H,5-6,9,14-19,22-24H2,1-2H3/q+1/b47-21+/t25?,27-,28?,39+/m1/s1. The Hall–Kier alpha value is -4.24. The molecule has 2 unspecified atom stereocenters. The maximum Gasteiger partial charge on any atom is 0.434 e. The Balaban J connectivity index is 1.14. The lowest BCUT2D eigenvalue weighted by molar-refractivity contribution is -0.405. The summed E-state index contributed by atoms with van der Waals surface area (Å²) in [5.74, 6) is 5.71. The third-order valence-corrected chi connectivity index (χ3v) is 11.4. The van der Waals surface area contributed by atoms with Crippen LogP contribution in [0.3, 0.4) is 0 Å². The highest BCUT2D eigenvalue weighted by atomic mass is 35.5. The van der Waals surface area contributed by atoms with E-state index in [1.165, 1.54) is 0 Å². The molecule has 0 N–H and O–H groups in total. The number of aromatic nitrogens is 3. The average molecular weight is 713 g/mol. The number of rotatable bonds is 6. The number of hydrogen-bond acceptors (Lipinski definition) is 7. The number of likely N-dealkylation sites (tertiary alicyclic amines) is 2. The van der Waals surface area contributed by atoms with Gasteiger partial charge in [0.15, 0.2) is 5.82 Å². The number of nitrogens with zero attached hydrogens (tertiary/aromatic N) is 7. The van der Waals surface area contributed by atoms with E-state index in [0.717, 1.165) is 50.6 Å². The molecule has 0 aliphatic carbocycles. The Labute approximate surface area is 301 Å². The van der Waals surface area contributed by atoms with Crippen LogP contribution in [0.5, 0.6) is 6.01 Å². The number of carbonyl (C=O) groups is 1. The largest absolute Gasteiger partial charge is 0.443 e. The van der Waals surface area contributed by atoms with Gasteiger partial charge in [0.2, 0.25) is 0 Å². The van der Waals surface area contributed by atoms with Gasteiger partial charge in [-0.05, 0) is 69.6 Å². The first kappa shape index (κ1) is 33.9. The van der Waals surface area contributed by atoms with Crippen LogP contribution < -0.4 is 4.74 Å². The zero-order valence-electron chi connectivity index (χ0n) is 28.9. The average Bonchev–Trinajstić information content (AvgIpc) is 3.91. The Morgan fingerprint density at radius 1 is 1.14 bits per heavy atom. The molecule has 12 heteroatoms. The van der Waals surface area contributed by atoms with Crippen molar-refractivity contribution in [2.45, 2.75) is 56.3 Å². The van der Waals surface area contributed by atoms with Gasteiger partial charge in [0, 0.05) is 59.1 Å². The normalized spacial score (nSPS) is 25.5. The molecular weight excluding hydrogens is 672 g/mol. The third kappa shape index (κ3) is 6.43. The number of hydrogen-bond donors (Lipinski definition) is 0. The minimum atomic E-state index is -0.908. The van der Waals surface area contributed by atoms with Crippen LogP contribution in [-0.2, 0) is 4.79 Å². The summed E-state index contributed by atoms with van der Waals surface area (Å²) in [6.45, 7) is 3.55. The predicted molar refractivity (Wildman–Crippen MR) is 194 cm³/mol. The smallest absolute Gasteiger partial charge is 0.434 e. The van der Waals surface area contributed by atoms with Crippen LogP contribution >= 0.6 is 11.6 Å². The Kier molecular flexibility index (Phi) is 9.11. The molecule has 4 atom stereocenters. The van der Waals surface area contributed by atoms with Crippen molar-refractivity contribution in [3.05, 3.63) is 53.4 Å². The van der Waals surface area contributed by atoms with Gasteiger partial charge in [-0.2, -0.15) is 4.98 Å². The second kappa shape index (κ2) is 13.7.